The van der Waals surface area contributed by atoms with Crippen molar-refractivity contribution >= 4 is 47.0 Å². The number of hydrogen-bond donors (Lipinski definition) is 2. The summed E-state index contributed by atoms with van der Waals surface area (Å²) < 4.78 is 10.6. The Morgan fingerprint density at radius 2 is 2.08 bits per heavy atom. The summed E-state index contributed by atoms with van der Waals surface area (Å²) in [5.74, 6) is 1.77. The van der Waals surface area contributed by atoms with Crippen molar-refractivity contribution in [3.8, 4) is 11.5 Å². The molecule has 0 atom stereocenters. The Hall–Kier alpha value is -1.55. The first-order valence-electron chi connectivity index (χ1n) is 8.46. The van der Waals surface area contributed by atoms with Gasteiger partial charge in [0.25, 0.3) is 0 Å². The lowest BCUT2D eigenvalue weighted by molar-refractivity contribution is 0.405. The molecule has 8 heteroatoms. The van der Waals surface area contributed by atoms with Gasteiger partial charge in [-0.15, -0.1) is 35.3 Å². The van der Waals surface area contributed by atoms with Crippen LogP contribution in [0.2, 0.25) is 0 Å². The summed E-state index contributed by atoms with van der Waals surface area (Å²) in [6.07, 6.45) is 5.65. The van der Waals surface area contributed by atoms with Crippen molar-refractivity contribution < 1.29 is 9.47 Å². The maximum atomic E-state index is 6.01. The van der Waals surface area contributed by atoms with Crippen LogP contribution in [0.25, 0.3) is 0 Å². The van der Waals surface area contributed by atoms with Crippen molar-refractivity contribution in [1.29, 1.82) is 0 Å². The second-order valence-corrected chi connectivity index (χ2v) is 7.06. The summed E-state index contributed by atoms with van der Waals surface area (Å²) in [7, 11) is 3.24. The molecule has 0 saturated carbocycles. The third-order valence-corrected chi connectivity index (χ3v) is 5.38. The number of guanidine groups is 1. The largest absolute Gasteiger partial charge is 0.497 e. The highest BCUT2D eigenvalue weighted by atomic mass is 127. The Labute approximate surface area is 175 Å². The number of nitrogens with one attached hydrogen (secondary N) is 1. The molecule has 0 bridgehead atoms. The number of methoxy groups -OCH3 is 2. The lowest BCUT2D eigenvalue weighted by Gasteiger charge is -2.12. The van der Waals surface area contributed by atoms with Gasteiger partial charge < -0.3 is 20.5 Å². The van der Waals surface area contributed by atoms with Crippen LogP contribution in [0.1, 0.15) is 28.4 Å². The number of hydrogen-bond acceptors (Lipinski definition) is 5. The maximum absolute atomic E-state index is 6.01. The fourth-order valence-electron chi connectivity index (χ4n) is 2.87. The van der Waals surface area contributed by atoms with Crippen molar-refractivity contribution in [2.75, 3.05) is 26.1 Å². The van der Waals surface area contributed by atoms with Crippen LogP contribution in [-0.2, 0) is 19.3 Å². The number of nitrogens with two attached hydrogens (primary N) is 1. The number of halogens is 1. The van der Waals surface area contributed by atoms with Gasteiger partial charge in [0.15, 0.2) is 5.96 Å². The Bertz CT molecular complexity index is 740. The van der Waals surface area contributed by atoms with E-state index in [2.05, 4.69) is 10.3 Å². The van der Waals surface area contributed by atoms with Gasteiger partial charge in [0.05, 0.1) is 30.6 Å². The van der Waals surface area contributed by atoms with Crippen molar-refractivity contribution in [2.24, 2.45) is 10.7 Å². The number of ether oxygens (including phenoxy) is 2. The molecule has 142 valence electrons. The van der Waals surface area contributed by atoms with E-state index in [1.807, 2.05) is 29.5 Å². The Morgan fingerprint density at radius 1 is 1.27 bits per heavy atom. The molecule has 3 N–H and O–H groups in total. The molecule has 3 rings (SSSR count). The van der Waals surface area contributed by atoms with E-state index in [0.717, 1.165) is 29.3 Å². The lowest BCUT2D eigenvalue weighted by Crippen LogP contribution is -2.23. The minimum atomic E-state index is 0. The van der Waals surface area contributed by atoms with E-state index in [1.54, 1.807) is 14.2 Å². The topological polar surface area (TPSA) is 81.8 Å². The summed E-state index contributed by atoms with van der Waals surface area (Å²) in [6, 6.07) is 5.49. The van der Waals surface area contributed by atoms with Crippen LogP contribution in [0.4, 0.5) is 5.69 Å². The molecule has 0 spiro atoms. The molecule has 6 nitrogen and oxygen atoms in total. The molecular formula is C18H25IN4O2S. The van der Waals surface area contributed by atoms with Gasteiger partial charge in [0.1, 0.15) is 11.5 Å². The number of benzene rings is 1. The normalized spacial score (nSPS) is 13.5. The minimum absolute atomic E-state index is 0. The van der Waals surface area contributed by atoms with E-state index in [9.17, 15) is 0 Å². The molecule has 1 aromatic carbocycles. The molecule has 1 aliphatic rings. The van der Waals surface area contributed by atoms with Crippen LogP contribution >= 0.6 is 35.3 Å². The SMILES string of the molecule is COc1ccc(OC)c(NC(N)=NCCc2nc3c(s2)CCCC3)c1.I. The second-order valence-electron chi connectivity index (χ2n) is 5.89. The van der Waals surface area contributed by atoms with Gasteiger partial charge in [-0.1, -0.05) is 0 Å². The number of anilines is 1. The molecule has 1 aliphatic carbocycles. The molecule has 1 aromatic heterocycles. The first-order chi connectivity index (χ1) is 12.2. The predicted molar refractivity (Wildman–Crippen MR) is 118 cm³/mol. The average molecular weight is 488 g/mol. The molecule has 0 amide bonds. The van der Waals surface area contributed by atoms with Gasteiger partial charge in [-0.3, -0.25) is 4.99 Å². The van der Waals surface area contributed by atoms with Crippen molar-refractivity contribution in [1.82, 2.24) is 4.98 Å². The quantitative estimate of drug-likeness (QED) is 0.369. The number of aryl methyl sites for hydroxylation is 2. The molecular weight excluding hydrogens is 463 g/mol. The molecule has 0 unspecified atom stereocenters. The zero-order chi connectivity index (χ0) is 17.6. The van der Waals surface area contributed by atoms with Crippen molar-refractivity contribution in [2.45, 2.75) is 32.1 Å². The van der Waals surface area contributed by atoms with Crippen LogP contribution < -0.4 is 20.5 Å². The molecule has 0 fully saturated rings. The van der Waals surface area contributed by atoms with Gasteiger partial charge in [0, 0.05) is 23.9 Å². The lowest BCUT2D eigenvalue weighted by atomic mass is 10.0. The number of fused-ring (bicyclic) bond motifs is 1. The zero-order valence-electron chi connectivity index (χ0n) is 15.1. The second kappa shape index (κ2) is 9.96. The van der Waals surface area contributed by atoms with E-state index in [-0.39, 0.29) is 24.0 Å². The average Bonchev–Trinajstić information content (AvgIpc) is 3.04. The van der Waals surface area contributed by atoms with Gasteiger partial charge >= 0.3 is 0 Å². The van der Waals surface area contributed by atoms with Gasteiger partial charge in [-0.2, -0.15) is 0 Å². The minimum Gasteiger partial charge on any atom is -0.497 e. The van der Waals surface area contributed by atoms with Crippen molar-refractivity contribution in [3.05, 3.63) is 33.8 Å². The molecule has 2 aromatic rings. The van der Waals surface area contributed by atoms with E-state index < -0.39 is 0 Å². The molecule has 1 heterocycles. The smallest absolute Gasteiger partial charge is 0.193 e. The first kappa shape index (κ1) is 20.8. The summed E-state index contributed by atoms with van der Waals surface area (Å²) in [5, 5.41) is 4.23. The van der Waals surface area contributed by atoms with Crippen LogP contribution in [0.5, 0.6) is 11.5 Å². The number of nitrogens with zero attached hydrogens (tertiary/aromatic N) is 2. The Kier molecular flexibility index (Phi) is 7.95. The summed E-state index contributed by atoms with van der Waals surface area (Å²) in [6.45, 7) is 0.609. The third kappa shape index (κ3) is 5.23. The summed E-state index contributed by atoms with van der Waals surface area (Å²) in [4.78, 5) is 10.6. The monoisotopic (exact) mass is 488 g/mol. The van der Waals surface area contributed by atoms with E-state index >= 15 is 0 Å². The highest BCUT2D eigenvalue weighted by Gasteiger charge is 2.14. The standard InChI is InChI=1S/C18H24N4O2S.HI/c1-23-12-7-8-15(24-2)14(11-12)22-18(19)20-10-9-17-21-13-5-3-4-6-16(13)25-17;/h7-8,11H,3-6,9-10H2,1-2H3,(H3,19,20,22);1H. The fraction of sp³-hybridized carbons (Fsp3) is 0.444. The van der Waals surface area contributed by atoms with Crippen LogP contribution in [0.15, 0.2) is 23.2 Å². The maximum Gasteiger partial charge on any atom is 0.193 e. The van der Waals surface area contributed by atoms with Gasteiger partial charge in [-0.05, 0) is 37.8 Å². The first-order valence-corrected chi connectivity index (χ1v) is 9.27. The van der Waals surface area contributed by atoms with Crippen LogP contribution in [-0.4, -0.2) is 31.7 Å². The summed E-state index contributed by atoms with van der Waals surface area (Å²) >= 11 is 1.82. The summed E-state index contributed by atoms with van der Waals surface area (Å²) in [5.41, 5.74) is 8.03. The predicted octanol–water partition coefficient (Wildman–Crippen LogP) is 3.63. The van der Waals surface area contributed by atoms with Crippen LogP contribution in [0.3, 0.4) is 0 Å². The molecule has 0 radical (unpaired) electrons. The Morgan fingerprint density at radius 3 is 2.81 bits per heavy atom. The Balaban J connectivity index is 0.00000243. The van der Waals surface area contributed by atoms with E-state index in [0.29, 0.717) is 18.3 Å². The van der Waals surface area contributed by atoms with E-state index in [1.165, 1.54) is 29.8 Å². The zero-order valence-corrected chi connectivity index (χ0v) is 18.2. The van der Waals surface area contributed by atoms with Gasteiger partial charge in [0.2, 0.25) is 0 Å². The van der Waals surface area contributed by atoms with Crippen molar-refractivity contribution in [3.63, 3.8) is 0 Å². The molecule has 0 saturated heterocycles. The number of aliphatic imine (C=N–C) groups is 1. The van der Waals surface area contributed by atoms with Crippen LogP contribution in [0, 0.1) is 0 Å². The number of rotatable bonds is 6. The number of aromatic nitrogens is 1. The third-order valence-electron chi connectivity index (χ3n) is 4.17. The highest BCUT2D eigenvalue weighted by molar-refractivity contribution is 14.0. The molecule has 0 aliphatic heterocycles. The number of thiazole rings is 1. The fourth-order valence-corrected chi connectivity index (χ4v) is 4.02. The molecule has 26 heavy (non-hydrogen) atoms. The van der Waals surface area contributed by atoms with E-state index in [4.69, 9.17) is 20.2 Å². The van der Waals surface area contributed by atoms with Gasteiger partial charge in [-0.25, -0.2) is 4.98 Å². The highest BCUT2D eigenvalue weighted by Crippen LogP contribution is 2.29.